The van der Waals surface area contributed by atoms with Crippen LogP contribution in [0.15, 0.2) is 48.2 Å². The second kappa shape index (κ2) is 6.20. The van der Waals surface area contributed by atoms with E-state index >= 15 is 0 Å². The molecule has 0 spiro atoms. The molecule has 0 saturated carbocycles. The fourth-order valence-corrected chi connectivity index (χ4v) is 2.56. The van der Waals surface area contributed by atoms with Crippen LogP contribution in [0, 0.1) is 0 Å². The lowest BCUT2D eigenvalue weighted by molar-refractivity contribution is 0.00578. The summed E-state index contributed by atoms with van der Waals surface area (Å²) in [5.41, 5.74) is 8.08. The fourth-order valence-electron chi connectivity index (χ4n) is 2.56. The lowest BCUT2D eigenvalue weighted by Crippen LogP contribution is -2.41. The van der Waals surface area contributed by atoms with Crippen molar-refractivity contribution < 1.29 is 9.31 Å². The first kappa shape index (κ1) is 17.0. The van der Waals surface area contributed by atoms with Crippen molar-refractivity contribution in [2.24, 2.45) is 5.73 Å². The number of nitrogens with zero attached hydrogens (tertiary/aromatic N) is 2. The van der Waals surface area contributed by atoms with E-state index in [0.717, 1.165) is 16.7 Å². The predicted molar refractivity (Wildman–Crippen MR) is 96.7 cm³/mol. The average Bonchev–Trinajstić information content (AvgIpc) is 3.08. The van der Waals surface area contributed by atoms with Gasteiger partial charge in [-0.25, -0.2) is 4.68 Å². The first-order chi connectivity index (χ1) is 11.3. The van der Waals surface area contributed by atoms with Crippen LogP contribution in [-0.2, 0) is 9.31 Å². The van der Waals surface area contributed by atoms with Crippen molar-refractivity contribution in [3.8, 4) is 5.69 Å². The number of hydrogen-bond acceptors (Lipinski definition) is 4. The van der Waals surface area contributed by atoms with Gasteiger partial charge in [0.1, 0.15) is 0 Å². The molecule has 0 amide bonds. The van der Waals surface area contributed by atoms with Crippen LogP contribution < -0.4 is 5.73 Å². The molecule has 2 N–H and O–H groups in total. The van der Waals surface area contributed by atoms with Gasteiger partial charge in [-0.05, 0) is 45.3 Å². The van der Waals surface area contributed by atoms with Crippen LogP contribution in [0.5, 0.6) is 0 Å². The van der Waals surface area contributed by atoms with E-state index in [4.69, 9.17) is 15.0 Å². The summed E-state index contributed by atoms with van der Waals surface area (Å²) in [7, 11) is -0.430. The molecule has 1 aromatic carbocycles. The van der Waals surface area contributed by atoms with Crippen molar-refractivity contribution in [2.75, 3.05) is 6.54 Å². The van der Waals surface area contributed by atoms with Gasteiger partial charge in [0, 0.05) is 18.3 Å². The monoisotopic (exact) mass is 325 g/mol. The lowest BCUT2D eigenvalue weighted by Gasteiger charge is -2.32. The fraction of sp³-hybridized carbons (Fsp3) is 0.389. The molecule has 1 aliphatic rings. The molecule has 1 aromatic heterocycles. The van der Waals surface area contributed by atoms with E-state index in [1.807, 2.05) is 81.2 Å². The molecule has 5 nitrogen and oxygen atoms in total. The van der Waals surface area contributed by atoms with Crippen LogP contribution in [0.2, 0.25) is 0 Å². The van der Waals surface area contributed by atoms with E-state index in [2.05, 4.69) is 5.10 Å². The molecule has 0 atom stereocenters. The van der Waals surface area contributed by atoms with Crippen LogP contribution in [-0.4, -0.2) is 34.6 Å². The molecule has 1 aliphatic heterocycles. The third-order valence-electron chi connectivity index (χ3n) is 4.77. The smallest absolute Gasteiger partial charge is 0.400 e. The highest BCUT2D eigenvalue weighted by atomic mass is 16.7. The Morgan fingerprint density at radius 1 is 1.17 bits per heavy atom. The first-order valence-corrected chi connectivity index (χ1v) is 8.19. The quantitative estimate of drug-likeness (QED) is 0.878. The molecular formula is C18H24BN3O2. The van der Waals surface area contributed by atoms with Gasteiger partial charge in [-0.1, -0.05) is 24.3 Å². The van der Waals surface area contributed by atoms with Crippen molar-refractivity contribution >= 4 is 13.2 Å². The van der Waals surface area contributed by atoms with E-state index in [0.29, 0.717) is 6.54 Å². The Labute approximate surface area is 143 Å². The minimum atomic E-state index is -0.430. The summed E-state index contributed by atoms with van der Waals surface area (Å²) >= 11 is 0. The largest absolute Gasteiger partial charge is 0.491 e. The zero-order valence-electron chi connectivity index (χ0n) is 14.7. The highest BCUT2D eigenvalue weighted by molar-refractivity contribution is 6.55. The van der Waals surface area contributed by atoms with Gasteiger partial charge in [0.05, 0.1) is 23.1 Å². The first-order valence-electron chi connectivity index (χ1n) is 8.19. The van der Waals surface area contributed by atoms with E-state index in [9.17, 15) is 0 Å². The normalized spacial score (nSPS) is 19.7. The minimum Gasteiger partial charge on any atom is -0.400 e. The van der Waals surface area contributed by atoms with E-state index < -0.39 is 7.12 Å². The standard InChI is InChI=1S/C18H24BN3O2/c1-17(2)18(3,4)24-19(23-17)15(11-20)10-14-12-21-22(13-14)16-8-6-5-7-9-16/h5-10,12-13H,11,20H2,1-4H3. The van der Waals surface area contributed by atoms with E-state index in [1.165, 1.54) is 0 Å². The average molecular weight is 325 g/mol. The zero-order chi connectivity index (χ0) is 17.4. The molecule has 1 saturated heterocycles. The SMILES string of the molecule is CC1(C)OB(C(=Cc2cnn(-c3ccccc3)c2)CN)OC1(C)C. The highest BCUT2D eigenvalue weighted by Crippen LogP contribution is 2.38. The van der Waals surface area contributed by atoms with Crippen LogP contribution in [0.25, 0.3) is 11.8 Å². The Bertz CT molecular complexity index is 722. The number of aromatic nitrogens is 2. The van der Waals surface area contributed by atoms with Crippen LogP contribution in [0.4, 0.5) is 0 Å². The summed E-state index contributed by atoms with van der Waals surface area (Å²) in [6, 6.07) is 9.99. The number of para-hydroxylation sites is 1. The lowest BCUT2D eigenvalue weighted by atomic mass is 9.77. The highest BCUT2D eigenvalue weighted by Gasteiger charge is 2.52. The number of nitrogens with two attached hydrogens (primary N) is 1. The van der Waals surface area contributed by atoms with Crippen molar-refractivity contribution in [1.29, 1.82) is 0 Å². The maximum Gasteiger partial charge on any atom is 0.491 e. The summed E-state index contributed by atoms with van der Waals surface area (Å²) in [5.74, 6) is 0. The number of rotatable bonds is 4. The number of hydrogen-bond donors (Lipinski definition) is 1. The molecule has 0 aliphatic carbocycles. The molecule has 3 rings (SSSR count). The Kier molecular flexibility index (Phi) is 4.38. The van der Waals surface area contributed by atoms with E-state index in [-0.39, 0.29) is 11.2 Å². The molecule has 6 heteroatoms. The zero-order valence-corrected chi connectivity index (χ0v) is 14.7. The summed E-state index contributed by atoms with van der Waals surface area (Å²) in [4.78, 5) is 0. The Morgan fingerprint density at radius 3 is 2.38 bits per heavy atom. The van der Waals surface area contributed by atoms with Gasteiger partial charge < -0.3 is 15.0 Å². The predicted octanol–water partition coefficient (Wildman–Crippen LogP) is 2.85. The van der Waals surface area contributed by atoms with Gasteiger partial charge in [-0.2, -0.15) is 5.10 Å². The van der Waals surface area contributed by atoms with Gasteiger partial charge in [0.15, 0.2) is 0 Å². The topological polar surface area (TPSA) is 62.3 Å². The summed E-state index contributed by atoms with van der Waals surface area (Å²) < 4.78 is 14.0. The van der Waals surface area contributed by atoms with Gasteiger partial charge in [0.25, 0.3) is 0 Å². The Morgan fingerprint density at radius 2 is 1.79 bits per heavy atom. The Hall–Kier alpha value is -1.89. The van der Waals surface area contributed by atoms with Crippen molar-refractivity contribution in [3.05, 3.63) is 53.8 Å². The molecular weight excluding hydrogens is 301 g/mol. The maximum atomic E-state index is 6.08. The molecule has 0 radical (unpaired) electrons. The second-order valence-electron chi connectivity index (χ2n) is 7.07. The van der Waals surface area contributed by atoms with E-state index in [1.54, 1.807) is 0 Å². The molecule has 0 unspecified atom stereocenters. The van der Waals surface area contributed by atoms with Gasteiger partial charge >= 0.3 is 7.12 Å². The molecule has 126 valence electrons. The third-order valence-corrected chi connectivity index (χ3v) is 4.77. The minimum absolute atomic E-state index is 0.368. The van der Waals surface area contributed by atoms with Gasteiger partial charge in [-0.15, -0.1) is 0 Å². The van der Waals surface area contributed by atoms with Gasteiger partial charge in [0.2, 0.25) is 0 Å². The summed E-state index contributed by atoms with van der Waals surface area (Å²) in [5, 5.41) is 4.41. The molecule has 0 bridgehead atoms. The van der Waals surface area contributed by atoms with Crippen molar-refractivity contribution in [3.63, 3.8) is 0 Å². The maximum absolute atomic E-state index is 6.08. The van der Waals surface area contributed by atoms with Crippen molar-refractivity contribution in [1.82, 2.24) is 9.78 Å². The Balaban J connectivity index is 1.84. The van der Waals surface area contributed by atoms with Gasteiger partial charge in [-0.3, -0.25) is 0 Å². The number of benzene rings is 1. The summed E-state index contributed by atoms with van der Waals surface area (Å²) in [6.45, 7) is 8.51. The molecule has 24 heavy (non-hydrogen) atoms. The third kappa shape index (κ3) is 3.17. The summed E-state index contributed by atoms with van der Waals surface area (Å²) in [6.07, 6.45) is 5.78. The van der Waals surface area contributed by atoms with Crippen LogP contribution in [0.1, 0.15) is 33.3 Å². The molecule has 1 fully saturated rings. The molecule has 2 aromatic rings. The second-order valence-corrected chi connectivity index (χ2v) is 7.07. The van der Waals surface area contributed by atoms with Crippen molar-refractivity contribution in [2.45, 2.75) is 38.9 Å². The molecule has 2 heterocycles. The van der Waals surface area contributed by atoms with Crippen LogP contribution >= 0.6 is 0 Å². The van der Waals surface area contributed by atoms with Crippen LogP contribution in [0.3, 0.4) is 0 Å².